The minimum Gasteiger partial charge on any atom is -0.272 e. The Labute approximate surface area is 144 Å². The Balaban J connectivity index is 1.50. The van der Waals surface area contributed by atoms with Crippen LogP contribution in [-0.2, 0) is 4.79 Å². The number of fused-ring (bicyclic) bond motifs is 1. The van der Waals surface area contributed by atoms with Crippen LogP contribution in [0.15, 0.2) is 77.7 Å². The number of carbonyl (C=O) groups is 2. The van der Waals surface area contributed by atoms with Crippen molar-refractivity contribution in [1.29, 1.82) is 0 Å². The van der Waals surface area contributed by atoms with E-state index < -0.39 is 0 Å². The first-order chi connectivity index (χ1) is 11.7. The lowest BCUT2D eigenvalue weighted by Crippen LogP contribution is -2.42. The van der Waals surface area contributed by atoms with Crippen LogP contribution in [0.1, 0.15) is 10.4 Å². The molecule has 4 nitrogen and oxygen atoms in total. The maximum absolute atomic E-state index is 11.9. The van der Waals surface area contributed by atoms with Crippen LogP contribution in [-0.4, -0.2) is 17.6 Å². The van der Waals surface area contributed by atoms with Crippen molar-refractivity contribution in [1.82, 2.24) is 10.9 Å². The molecule has 3 aromatic rings. The van der Waals surface area contributed by atoms with E-state index in [1.807, 2.05) is 36.4 Å². The SMILES string of the molecule is O=C(CSc1ccc2ccccc2c1)NNC(=O)c1ccccc1. The molecular formula is C19H16N2O2S. The summed E-state index contributed by atoms with van der Waals surface area (Å²) in [6.07, 6.45) is 0. The molecule has 0 radical (unpaired) electrons. The van der Waals surface area contributed by atoms with Crippen molar-refractivity contribution in [3.05, 3.63) is 78.4 Å². The highest BCUT2D eigenvalue weighted by molar-refractivity contribution is 8.00. The predicted molar refractivity (Wildman–Crippen MR) is 96.7 cm³/mol. The first-order valence-corrected chi connectivity index (χ1v) is 8.47. The topological polar surface area (TPSA) is 58.2 Å². The molecule has 0 aliphatic heterocycles. The molecule has 24 heavy (non-hydrogen) atoms. The highest BCUT2D eigenvalue weighted by Crippen LogP contribution is 2.23. The zero-order chi connectivity index (χ0) is 16.8. The monoisotopic (exact) mass is 336 g/mol. The summed E-state index contributed by atoms with van der Waals surface area (Å²) >= 11 is 1.43. The van der Waals surface area contributed by atoms with E-state index in [0.29, 0.717) is 5.56 Å². The van der Waals surface area contributed by atoms with Gasteiger partial charge in [-0.15, -0.1) is 11.8 Å². The van der Waals surface area contributed by atoms with Crippen LogP contribution < -0.4 is 10.9 Å². The Bertz CT molecular complexity index is 865. The van der Waals surface area contributed by atoms with Crippen molar-refractivity contribution < 1.29 is 9.59 Å². The zero-order valence-electron chi connectivity index (χ0n) is 12.9. The van der Waals surface area contributed by atoms with Crippen molar-refractivity contribution in [3.63, 3.8) is 0 Å². The second kappa shape index (κ2) is 7.66. The summed E-state index contributed by atoms with van der Waals surface area (Å²) in [4.78, 5) is 24.7. The minimum absolute atomic E-state index is 0.230. The van der Waals surface area contributed by atoms with E-state index in [9.17, 15) is 9.59 Å². The Hall–Kier alpha value is -2.79. The maximum atomic E-state index is 11.9. The van der Waals surface area contributed by atoms with E-state index in [1.165, 1.54) is 17.1 Å². The fraction of sp³-hybridized carbons (Fsp3) is 0.0526. The van der Waals surface area contributed by atoms with Gasteiger partial charge in [0.2, 0.25) is 5.91 Å². The molecule has 0 aromatic heterocycles. The highest BCUT2D eigenvalue weighted by atomic mass is 32.2. The predicted octanol–water partition coefficient (Wildman–Crippen LogP) is 3.39. The average Bonchev–Trinajstić information content (AvgIpc) is 2.65. The van der Waals surface area contributed by atoms with Crippen LogP contribution in [0.2, 0.25) is 0 Å². The van der Waals surface area contributed by atoms with Gasteiger partial charge in [-0.3, -0.25) is 20.4 Å². The molecule has 5 heteroatoms. The lowest BCUT2D eigenvalue weighted by Gasteiger charge is -2.07. The molecule has 0 aliphatic carbocycles. The molecule has 0 bridgehead atoms. The summed E-state index contributed by atoms with van der Waals surface area (Å²) in [7, 11) is 0. The standard InChI is InChI=1S/C19H16N2O2S/c22-18(20-21-19(23)15-7-2-1-3-8-15)13-24-17-11-10-14-6-4-5-9-16(14)12-17/h1-12H,13H2,(H,20,22)(H,21,23). The number of thioether (sulfide) groups is 1. The minimum atomic E-state index is -0.334. The van der Waals surface area contributed by atoms with Crippen molar-refractivity contribution in [3.8, 4) is 0 Å². The molecule has 3 rings (SSSR count). The Morgan fingerprint density at radius 1 is 0.792 bits per heavy atom. The maximum Gasteiger partial charge on any atom is 0.269 e. The molecule has 0 heterocycles. The number of hydrazine groups is 1. The van der Waals surface area contributed by atoms with Crippen LogP contribution in [0, 0.1) is 0 Å². The summed E-state index contributed by atoms with van der Waals surface area (Å²) in [6.45, 7) is 0. The fourth-order valence-corrected chi connectivity index (χ4v) is 2.97. The molecule has 2 amide bonds. The molecular weight excluding hydrogens is 320 g/mol. The van der Waals surface area contributed by atoms with Gasteiger partial charge in [0.15, 0.2) is 0 Å². The third-order valence-corrected chi connectivity index (χ3v) is 4.44. The highest BCUT2D eigenvalue weighted by Gasteiger charge is 2.07. The van der Waals surface area contributed by atoms with E-state index in [1.54, 1.807) is 24.3 Å². The van der Waals surface area contributed by atoms with Gasteiger partial charge in [0.25, 0.3) is 5.91 Å². The lowest BCUT2D eigenvalue weighted by atomic mass is 10.1. The van der Waals surface area contributed by atoms with Gasteiger partial charge in [0.1, 0.15) is 0 Å². The summed E-state index contributed by atoms with van der Waals surface area (Å²) in [5, 5.41) is 2.31. The van der Waals surface area contributed by atoms with E-state index >= 15 is 0 Å². The van der Waals surface area contributed by atoms with Gasteiger partial charge < -0.3 is 0 Å². The normalized spacial score (nSPS) is 10.3. The second-order valence-electron chi connectivity index (χ2n) is 5.17. The fourth-order valence-electron chi connectivity index (χ4n) is 2.23. The molecule has 3 aromatic carbocycles. The lowest BCUT2D eigenvalue weighted by molar-refractivity contribution is -0.119. The first-order valence-electron chi connectivity index (χ1n) is 7.48. The summed E-state index contributed by atoms with van der Waals surface area (Å²) < 4.78 is 0. The molecule has 120 valence electrons. The van der Waals surface area contributed by atoms with Gasteiger partial charge in [-0.1, -0.05) is 48.5 Å². The molecule has 2 N–H and O–H groups in total. The number of nitrogens with one attached hydrogen (secondary N) is 2. The average molecular weight is 336 g/mol. The van der Waals surface area contributed by atoms with E-state index in [2.05, 4.69) is 23.0 Å². The first kappa shape index (κ1) is 16.1. The third kappa shape index (κ3) is 4.14. The van der Waals surface area contributed by atoms with Gasteiger partial charge in [0.05, 0.1) is 5.75 Å². The van der Waals surface area contributed by atoms with Crippen molar-refractivity contribution in [2.24, 2.45) is 0 Å². The van der Waals surface area contributed by atoms with Crippen molar-refractivity contribution in [2.45, 2.75) is 4.90 Å². The van der Waals surface area contributed by atoms with E-state index in [-0.39, 0.29) is 17.6 Å². The molecule has 0 fully saturated rings. The number of hydrogen-bond acceptors (Lipinski definition) is 3. The second-order valence-corrected chi connectivity index (χ2v) is 6.21. The number of rotatable bonds is 4. The number of benzene rings is 3. The van der Waals surface area contributed by atoms with Crippen molar-refractivity contribution >= 4 is 34.3 Å². The van der Waals surface area contributed by atoms with Crippen LogP contribution in [0.5, 0.6) is 0 Å². The van der Waals surface area contributed by atoms with Gasteiger partial charge in [-0.05, 0) is 35.0 Å². The van der Waals surface area contributed by atoms with Crippen LogP contribution in [0.3, 0.4) is 0 Å². The van der Waals surface area contributed by atoms with Crippen molar-refractivity contribution in [2.75, 3.05) is 5.75 Å². The molecule has 0 unspecified atom stereocenters. The third-order valence-electron chi connectivity index (χ3n) is 3.44. The molecule has 0 atom stereocenters. The summed E-state index contributed by atoms with van der Waals surface area (Å²) in [5.74, 6) is -0.356. The number of amides is 2. The summed E-state index contributed by atoms with van der Waals surface area (Å²) in [6, 6.07) is 22.9. The Kier molecular flexibility index (Phi) is 5.13. The van der Waals surface area contributed by atoms with Gasteiger partial charge in [0, 0.05) is 10.5 Å². The number of carbonyl (C=O) groups excluding carboxylic acids is 2. The van der Waals surface area contributed by atoms with Crippen LogP contribution in [0.4, 0.5) is 0 Å². The number of hydrogen-bond donors (Lipinski definition) is 2. The summed E-state index contributed by atoms with van der Waals surface area (Å²) in [5.41, 5.74) is 5.34. The van der Waals surface area contributed by atoms with Crippen LogP contribution in [0.25, 0.3) is 10.8 Å². The Morgan fingerprint density at radius 3 is 2.29 bits per heavy atom. The quantitative estimate of drug-likeness (QED) is 0.567. The molecule has 0 saturated heterocycles. The van der Waals surface area contributed by atoms with Crippen LogP contribution >= 0.6 is 11.8 Å². The Morgan fingerprint density at radius 2 is 1.50 bits per heavy atom. The van der Waals surface area contributed by atoms with Gasteiger partial charge >= 0.3 is 0 Å². The molecule has 0 saturated carbocycles. The largest absolute Gasteiger partial charge is 0.272 e. The van der Waals surface area contributed by atoms with Gasteiger partial charge in [-0.2, -0.15) is 0 Å². The smallest absolute Gasteiger partial charge is 0.269 e. The van der Waals surface area contributed by atoms with E-state index in [0.717, 1.165) is 10.3 Å². The molecule has 0 aliphatic rings. The molecule has 0 spiro atoms. The van der Waals surface area contributed by atoms with E-state index in [4.69, 9.17) is 0 Å². The zero-order valence-corrected chi connectivity index (χ0v) is 13.7. The van der Waals surface area contributed by atoms with Gasteiger partial charge in [-0.25, -0.2) is 0 Å².